The van der Waals surface area contributed by atoms with E-state index < -0.39 is 6.61 Å². The third kappa shape index (κ3) is 4.04. The van der Waals surface area contributed by atoms with E-state index in [9.17, 15) is 8.78 Å². The number of piperidine rings is 1. The Kier molecular flexibility index (Phi) is 4.85. The Morgan fingerprint density at radius 1 is 1.30 bits per heavy atom. The van der Waals surface area contributed by atoms with Crippen LogP contribution in [0.15, 0.2) is 28.8 Å². The number of alkyl halides is 2. The van der Waals surface area contributed by atoms with Crippen LogP contribution in [0.4, 0.5) is 8.78 Å². The van der Waals surface area contributed by atoms with Crippen molar-refractivity contribution >= 4 is 0 Å². The molecule has 124 valence electrons. The summed E-state index contributed by atoms with van der Waals surface area (Å²) in [6.07, 6.45) is 2.32. The van der Waals surface area contributed by atoms with Crippen LogP contribution in [0.3, 0.4) is 0 Å². The molecule has 2 aromatic rings. The van der Waals surface area contributed by atoms with Gasteiger partial charge in [0.15, 0.2) is 0 Å². The van der Waals surface area contributed by atoms with E-state index >= 15 is 0 Å². The molecular weight excluding hydrogens is 304 g/mol. The van der Waals surface area contributed by atoms with Gasteiger partial charge in [-0.25, -0.2) is 0 Å². The van der Waals surface area contributed by atoms with Crippen LogP contribution in [0, 0.1) is 5.92 Å². The summed E-state index contributed by atoms with van der Waals surface area (Å²) in [6, 6.07) is 6.44. The van der Waals surface area contributed by atoms with Crippen molar-refractivity contribution in [2.75, 3.05) is 13.1 Å². The fourth-order valence-electron chi connectivity index (χ4n) is 2.69. The van der Waals surface area contributed by atoms with Gasteiger partial charge in [0.25, 0.3) is 0 Å². The predicted molar refractivity (Wildman–Crippen MR) is 80.0 cm³/mol. The molecule has 0 amide bonds. The minimum absolute atomic E-state index is 0.0432. The Hall–Kier alpha value is -2.02. The van der Waals surface area contributed by atoms with Gasteiger partial charge in [0.05, 0.1) is 12.1 Å². The molecule has 0 N–H and O–H groups in total. The van der Waals surface area contributed by atoms with E-state index in [4.69, 9.17) is 4.52 Å². The lowest BCUT2D eigenvalue weighted by Crippen LogP contribution is -2.32. The number of ether oxygens (including phenoxy) is 1. The van der Waals surface area contributed by atoms with E-state index in [-0.39, 0.29) is 11.6 Å². The molecule has 3 rings (SSSR count). The molecule has 2 heterocycles. The van der Waals surface area contributed by atoms with Gasteiger partial charge in [-0.2, -0.15) is 13.8 Å². The molecule has 23 heavy (non-hydrogen) atoms. The molecule has 5 nitrogen and oxygen atoms in total. The number of hydrogen-bond donors (Lipinski definition) is 0. The minimum Gasteiger partial charge on any atom is -0.434 e. The quantitative estimate of drug-likeness (QED) is 0.842. The second-order valence-electron chi connectivity index (χ2n) is 5.85. The zero-order valence-electron chi connectivity index (χ0n) is 12.9. The number of nitrogens with zero attached hydrogens (tertiary/aromatic N) is 3. The molecule has 0 spiro atoms. The van der Waals surface area contributed by atoms with Gasteiger partial charge in [-0.05, 0) is 44.0 Å². The Bertz CT molecular complexity index is 640. The van der Waals surface area contributed by atoms with Crippen molar-refractivity contribution in [2.24, 2.45) is 5.92 Å². The van der Waals surface area contributed by atoms with Gasteiger partial charge in [-0.15, -0.1) is 0 Å². The van der Waals surface area contributed by atoms with Crippen molar-refractivity contribution < 1.29 is 18.0 Å². The van der Waals surface area contributed by atoms with Crippen molar-refractivity contribution in [3.63, 3.8) is 0 Å². The van der Waals surface area contributed by atoms with Crippen LogP contribution in [0.2, 0.25) is 0 Å². The Labute approximate surface area is 133 Å². The zero-order chi connectivity index (χ0) is 16.2. The fraction of sp³-hybridized carbons (Fsp3) is 0.500. The summed E-state index contributed by atoms with van der Waals surface area (Å²) in [7, 11) is 0. The molecule has 0 unspecified atom stereocenters. The maximum absolute atomic E-state index is 12.5. The summed E-state index contributed by atoms with van der Waals surface area (Å²) in [5, 5.41) is 3.90. The predicted octanol–water partition coefficient (Wildman–Crippen LogP) is 3.57. The molecule has 0 atom stereocenters. The molecule has 1 fully saturated rings. The highest BCUT2D eigenvalue weighted by atomic mass is 19.3. The highest BCUT2D eigenvalue weighted by molar-refractivity contribution is 5.63. The van der Waals surface area contributed by atoms with Crippen LogP contribution in [-0.2, 0) is 6.54 Å². The van der Waals surface area contributed by atoms with Crippen LogP contribution in [0.5, 0.6) is 5.75 Å². The number of hydrogen-bond acceptors (Lipinski definition) is 5. The molecule has 1 saturated heterocycles. The summed E-state index contributed by atoms with van der Waals surface area (Å²) >= 11 is 0. The monoisotopic (exact) mass is 323 g/mol. The van der Waals surface area contributed by atoms with Gasteiger partial charge in [-0.3, -0.25) is 4.90 Å². The molecule has 0 saturated carbocycles. The third-order valence-electron chi connectivity index (χ3n) is 4.05. The first-order chi connectivity index (χ1) is 11.1. The number of rotatable bonds is 5. The summed E-state index contributed by atoms with van der Waals surface area (Å²) in [4.78, 5) is 6.58. The van der Waals surface area contributed by atoms with Crippen LogP contribution in [-0.4, -0.2) is 34.7 Å². The van der Waals surface area contributed by atoms with Crippen molar-refractivity contribution in [2.45, 2.75) is 32.9 Å². The smallest absolute Gasteiger partial charge is 0.387 e. The number of likely N-dealkylation sites (tertiary alicyclic amines) is 1. The third-order valence-corrected chi connectivity index (χ3v) is 4.05. The van der Waals surface area contributed by atoms with Crippen LogP contribution >= 0.6 is 0 Å². The molecule has 1 aliphatic heterocycles. The lowest BCUT2D eigenvalue weighted by molar-refractivity contribution is -0.0494. The van der Waals surface area contributed by atoms with Crippen molar-refractivity contribution in [1.82, 2.24) is 15.0 Å². The lowest BCUT2D eigenvalue weighted by Gasteiger charge is -2.28. The molecule has 1 aromatic carbocycles. The van der Waals surface area contributed by atoms with Gasteiger partial charge < -0.3 is 9.26 Å². The lowest BCUT2D eigenvalue weighted by atomic mass is 9.99. The van der Waals surface area contributed by atoms with Crippen molar-refractivity contribution in [1.29, 1.82) is 0 Å². The molecule has 0 radical (unpaired) electrons. The van der Waals surface area contributed by atoms with E-state index in [2.05, 4.69) is 26.7 Å². The van der Waals surface area contributed by atoms with E-state index in [0.717, 1.165) is 31.8 Å². The van der Waals surface area contributed by atoms with E-state index in [1.807, 2.05) is 0 Å². The number of benzene rings is 1. The fourth-order valence-corrected chi connectivity index (χ4v) is 2.69. The van der Waals surface area contributed by atoms with Crippen molar-refractivity contribution in [3.8, 4) is 17.1 Å². The Balaban J connectivity index is 1.72. The molecule has 1 aromatic heterocycles. The van der Waals surface area contributed by atoms with Crippen LogP contribution in [0.25, 0.3) is 11.4 Å². The van der Waals surface area contributed by atoms with Gasteiger partial charge in [0.1, 0.15) is 5.75 Å². The average Bonchev–Trinajstić information content (AvgIpc) is 2.98. The maximum Gasteiger partial charge on any atom is 0.387 e. The summed E-state index contributed by atoms with van der Waals surface area (Å²) in [6.45, 7) is 1.95. The average molecular weight is 323 g/mol. The molecule has 0 aliphatic carbocycles. The molecule has 0 bridgehead atoms. The standard InChI is InChI=1S/C16H19F2N3O2/c1-11-6-8-21(9-7-11)10-14-19-15(20-23-14)12-4-2-3-5-13(12)22-16(17)18/h2-5,11,16H,6-10H2,1H3. The van der Waals surface area contributed by atoms with Crippen LogP contribution in [0.1, 0.15) is 25.7 Å². The van der Waals surface area contributed by atoms with E-state index in [1.165, 1.54) is 6.07 Å². The number of aromatic nitrogens is 2. The first kappa shape index (κ1) is 15.9. The van der Waals surface area contributed by atoms with Gasteiger partial charge in [0, 0.05) is 0 Å². The van der Waals surface area contributed by atoms with E-state index in [1.54, 1.807) is 18.2 Å². The van der Waals surface area contributed by atoms with Gasteiger partial charge >= 0.3 is 6.61 Å². The summed E-state index contributed by atoms with van der Waals surface area (Å²) in [5.74, 6) is 1.55. The first-order valence-corrected chi connectivity index (χ1v) is 7.71. The minimum atomic E-state index is -2.89. The van der Waals surface area contributed by atoms with E-state index in [0.29, 0.717) is 18.0 Å². The normalized spacial score (nSPS) is 16.9. The second kappa shape index (κ2) is 7.04. The highest BCUT2D eigenvalue weighted by Gasteiger charge is 2.20. The van der Waals surface area contributed by atoms with Crippen molar-refractivity contribution in [3.05, 3.63) is 30.2 Å². The largest absolute Gasteiger partial charge is 0.434 e. The Morgan fingerprint density at radius 2 is 2.04 bits per heavy atom. The summed E-state index contributed by atoms with van der Waals surface area (Å²) in [5.41, 5.74) is 0.398. The highest BCUT2D eigenvalue weighted by Crippen LogP contribution is 2.29. The van der Waals surface area contributed by atoms with Crippen LogP contribution < -0.4 is 4.74 Å². The number of para-hydroxylation sites is 1. The molecule has 7 heteroatoms. The molecular formula is C16H19F2N3O2. The number of halogens is 2. The second-order valence-corrected chi connectivity index (χ2v) is 5.85. The van der Waals surface area contributed by atoms with Gasteiger partial charge in [0.2, 0.25) is 11.7 Å². The topological polar surface area (TPSA) is 51.4 Å². The SMILES string of the molecule is CC1CCN(Cc2nc(-c3ccccc3OC(F)F)no2)CC1. The first-order valence-electron chi connectivity index (χ1n) is 7.71. The summed E-state index contributed by atoms with van der Waals surface area (Å²) < 4.78 is 34.7. The van der Waals surface area contributed by atoms with Gasteiger partial charge in [-0.1, -0.05) is 24.2 Å². The molecule has 1 aliphatic rings. The maximum atomic E-state index is 12.5. The Morgan fingerprint density at radius 3 is 2.78 bits per heavy atom. The zero-order valence-corrected chi connectivity index (χ0v) is 12.9.